The second-order valence-corrected chi connectivity index (χ2v) is 6.53. The van der Waals surface area contributed by atoms with Gasteiger partial charge in [-0.3, -0.25) is 0 Å². The zero-order valence-electron chi connectivity index (χ0n) is 14.5. The van der Waals surface area contributed by atoms with Crippen LogP contribution in [0.1, 0.15) is 30.9 Å². The van der Waals surface area contributed by atoms with Crippen LogP contribution < -0.4 is 10.6 Å². The van der Waals surface area contributed by atoms with E-state index in [-0.39, 0.29) is 0 Å². The third-order valence-electron chi connectivity index (χ3n) is 3.68. The Balaban J connectivity index is 2.06. The van der Waals surface area contributed by atoms with Crippen LogP contribution in [0.25, 0.3) is 0 Å². The first-order valence-electron chi connectivity index (χ1n) is 8.26. The number of nitrogens with one attached hydrogen (secondary N) is 2. The summed E-state index contributed by atoms with van der Waals surface area (Å²) >= 11 is 3.47. The van der Waals surface area contributed by atoms with Crippen LogP contribution in [0, 0.1) is 6.92 Å². The van der Waals surface area contributed by atoms with Crippen LogP contribution in [0.3, 0.4) is 0 Å². The van der Waals surface area contributed by atoms with Crippen LogP contribution in [0.5, 0.6) is 0 Å². The Morgan fingerprint density at radius 2 is 2.12 bits per heavy atom. The summed E-state index contributed by atoms with van der Waals surface area (Å²) in [5, 5.41) is 6.56. The van der Waals surface area contributed by atoms with E-state index in [0.29, 0.717) is 5.95 Å². The van der Waals surface area contributed by atoms with Crippen molar-refractivity contribution in [1.29, 1.82) is 0 Å². The Hall–Kier alpha value is -1.66. The number of ether oxygens (including phenoxy) is 1. The van der Waals surface area contributed by atoms with E-state index in [9.17, 15) is 0 Å². The van der Waals surface area contributed by atoms with Gasteiger partial charge in [-0.25, -0.2) is 4.98 Å². The SMILES string of the molecule is CCCNc1nc(Nc2ccc(CCCOC)c(C)c2)ncc1Br. The maximum atomic E-state index is 5.12. The molecular formula is C18H25BrN4O. The Labute approximate surface area is 152 Å². The van der Waals surface area contributed by atoms with Crippen LogP contribution in [-0.2, 0) is 11.2 Å². The van der Waals surface area contributed by atoms with Crippen molar-refractivity contribution >= 4 is 33.4 Å². The smallest absolute Gasteiger partial charge is 0.229 e. The summed E-state index contributed by atoms with van der Waals surface area (Å²) < 4.78 is 5.98. The van der Waals surface area contributed by atoms with Gasteiger partial charge < -0.3 is 15.4 Å². The highest BCUT2D eigenvalue weighted by Gasteiger charge is 2.06. The van der Waals surface area contributed by atoms with E-state index < -0.39 is 0 Å². The van der Waals surface area contributed by atoms with E-state index in [1.807, 2.05) is 0 Å². The number of hydrogen-bond donors (Lipinski definition) is 2. The van der Waals surface area contributed by atoms with Crippen molar-refractivity contribution in [1.82, 2.24) is 9.97 Å². The van der Waals surface area contributed by atoms with E-state index in [4.69, 9.17) is 4.74 Å². The lowest BCUT2D eigenvalue weighted by molar-refractivity contribution is 0.195. The Kier molecular flexibility index (Phi) is 7.46. The molecule has 0 amide bonds. The maximum absolute atomic E-state index is 5.12. The van der Waals surface area contributed by atoms with Crippen LogP contribution in [0.4, 0.5) is 17.5 Å². The first-order valence-corrected chi connectivity index (χ1v) is 9.05. The number of methoxy groups -OCH3 is 1. The van der Waals surface area contributed by atoms with Gasteiger partial charge >= 0.3 is 0 Å². The van der Waals surface area contributed by atoms with Crippen molar-refractivity contribution in [2.24, 2.45) is 0 Å². The molecule has 1 aromatic carbocycles. The molecule has 2 rings (SSSR count). The molecule has 0 spiro atoms. The lowest BCUT2D eigenvalue weighted by atomic mass is 10.0. The average Bonchev–Trinajstić information content (AvgIpc) is 2.57. The van der Waals surface area contributed by atoms with Gasteiger partial charge in [-0.2, -0.15) is 4.98 Å². The molecule has 2 N–H and O–H groups in total. The highest BCUT2D eigenvalue weighted by atomic mass is 79.9. The predicted octanol–water partition coefficient (Wildman–Crippen LogP) is 4.69. The summed E-state index contributed by atoms with van der Waals surface area (Å²) in [4.78, 5) is 8.85. The van der Waals surface area contributed by atoms with Crippen LogP contribution >= 0.6 is 15.9 Å². The molecule has 0 atom stereocenters. The second-order valence-electron chi connectivity index (χ2n) is 5.68. The number of aryl methyl sites for hydroxylation is 2. The van der Waals surface area contributed by atoms with Gasteiger partial charge in [-0.05, 0) is 65.4 Å². The molecule has 1 aromatic heterocycles. The van der Waals surface area contributed by atoms with E-state index in [2.05, 4.69) is 68.6 Å². The molecule has 0 aliphatic carbocycles. The second kappa shape index (κ2) is 9.59. The molecule has 0 saturated heterocycles. The molecule has 0 aliphatic heterocycles. The van der Waals surface area contributed by atoms with Crippen molar-refractivity contribution in [2.45, 2.75) is 33.1 Å². The third-order valence-corrected chi connectivity index (χ3v) is 4.26. The molecule has 6 heteroatoms. The lowest BCUT2D eigenvalue weighted by Crippen LogP contribution is -2.06. The number of nitrogens with zero attached hydrogens (tertiary/aromatic N) is 2. The Morgan fingerprint density at radius 3 is 2.83 bits per heavy atom. The van der Waals surface area contributed by atoms with Crippen molar-refractivity contribution in [3.05, 3.63) is 40.0 Å². The van der Waals surface area contributed by atoms with Crippen molar-refractivity contribution in [2.75, 3.05) is 30.9 Å². The van der Waals surface area contributed by atoms with E-state index in [1.54, 1.807) is 13.3 Å². The molecule has 1 heterocycles. The zero-order chi connectivity index (χ0) is 17.4. The Bertz CT molecular complexity index is 663. The number of rotatable bonds is 9. The summed E-state index contributed by atoms with van der Waals surface area (Å²) in [6.07, 6.45) is 4.87. The predicted molar refractivity (Wildman–Crippen MR) is 103 cm³/mol. The minimum Gasteiger partial charge on any atom is -0.385 e. The first-order chi connectivity index (χ1) is 11.6. The molecular weight excluding hydrogens is 368 g/mol. The van der Waals surface area contributed by atoms with Gasteiger partial charge in [0.1, 0.15) is 5.82 Å². The molecule has 5 nitrogen and oxygen atoms in total. The quantitative estimate of drug-likeness (QED) is 0.606. The monoisotopic (exact) mass is 392 g/mol. The van der Waals surface area contributed by atoms with Crippen molar-refractivity contribution in [3.8, 4) is 0 Å². The topological polar surface area (TPSA) is 59.1 Å². The molecule has 0 unspecified atom stereocenters. The van der Waals surface area contributed by atoms with Crippen LogP contribution in [-0.4, -0.2) is 30.2 Å². The summed E-state index contributed by atoms with van der Waals surface area (Å²) in [6.45, 7) is 5.92. The average molecular weight is 393 g/mol. The summed E-state index contributed by atoms with van der Waals surface area (Å²) in [5.74, 6) is 1.39. The molecule has 2 aromatic rings. The highest BCUT2D eigenvalue weighted by molar-refractivity contribution is 9.10. The van der Waals surface area contributed by atoms with Gasteiger partial charge in [-0.15, -0.1) is 0 Å². The molecule has 0 saturated carbocycles. The van der Waals surface area contributed by atoms with Crippen LogP contribution in [0.2, 0.25) is 0 Å². The number of halogens is 1. The van der Waals surface area contributed by atoms with Crippen molar-refractivity contribution < 1.29 is 4.74 Å². The number of anilines is 3. The largest absolute Gasteiger partial charge is 0.385 e. The third kappa shape index (κ3) is 5.46. The summed E-state index contributed by atoms with van der Waals surface area (Å²) in [7, 11) is 1.74. The molecule has 0 bridgehead atoms. The normalized spacial score (nSPS) is 10.7. The lowest BCUT2D eigenvalue weighted by Gasteiger charge is -2.11. The highest BCUT2D eigenvalue weighted by Crippen LogP contribution is 2.23. The maximum Gasteiger partial charge on any atom is 0.229 e. The standard InChI is InChI=1S/C18H25BrN4O/c1-4-9-20-17-16(19)12-21-18(23-17)22-15-8-7-14(13(2)11-15)6-5-10-24-3/h7-8,11-12H,4-6,9-10H2,1-3H3,(H2,20,21,22,23). The fourth-order valence-electron chi connectivity index (χ4n) is 2.38. The fourth-order valence-corrected chi connectivity index (χ4v) is 2.72. The number of benzene rings is 1. The molecule has 0 radical (unpaired) electrons. The summed E-state index contributed by atoms with van der Waals surface area (Å²) in [6, 6.07) is 6.36. The molecule has 130 valence electrons. The minimum absolute atomic E-state index is 0.586. The zero-order valence-corrected chi connectivity index (χ0v) is 16.1. The summed E-state index contributed by atoms with van der Waals surface area (Å²) in [5.41, 5.74) is 3.60. The van der Waals surface area contributed by atoms with E-state index in [1.165, 1.54) is 11.1 Å². The number of aromatic nitrogens is 2. The Morgan fingerprint density at radius 1 is 1.29 bits per heavy atom. The first kappa shape index (κ1) is 18.7. The van der Waals surface area contributed by atoms with Gasteiger partial charge in [0.25, 0.3) is 0 Å². The molecule has 0 aliphatic rings. The van der Waals surface area contributed by atoms with E-state index >= 15 is 0 Å². The van der Waals surface area contributed by atoms with Gasteiger partial charge in [0.2, 0.25) is 5.95 Å². The van der Waals surface area contributed by atoms with E-state index in [0.717, 1.165) is 48.4 Å². The van der Waals surface area contributed by atoms with Gasteiger partial charge in [0, 0.05) is 32.1 Å². The van der Waals surface area contributed by atoms with Crippen LogP contribution in [0.15, 0.2) is 28.9 Å². The number of hydrogen-bond acceptors (Lipinski definition) is 5. The fraction of sp³-hybridized carbons (Fsp3) is 0.444. The van der Waals surface area contributed by atoms with Crippen molar-refractivity contribution in [3.63, 3.8) is 0 Å². The molecule has 0 fully saturated rings. The van der Waals surface area contributed by atoms with Gasteiger partial charge in [0.05, 0.1) is 4.47 Å². The van der Waals surface area contributed by atoms with Gasteiger partial charge in [-0.1, -0.05) is 13.0 Å². The molecule has 24 heavy (non-hydrogen) atoms. The minimum atomic E-state index is 0.586. The van der Waals surface area contributed by atoms with Gasteiger partial charge in [0.15, 0.2) is 0 Å².